The summed E-state index contributed by atoms with van der Waals surface area (Å²) in [5, 5.41) is 21.8. The number of fused-ring (bicyclic) bond motifs is 3. The van der Waals surface area contributed by atoms with E-state index in [1.54, 1.807) is 0 Å². The van der Waals surface area contributed by atoms with Crippen LogP contribution in [0.2, 0.25) is 0 Å². The van der Waals surface area contributed by atoms with Crippen LogP contribution in [0, 0.1) is 0 Å². The summed E-state index contributed by atoms with van der Waals surface area (Å²) in [6.07, 6.45) is -0.789. The van der Waals surface area contributed by atoms with E-state index >= 15 is 0 Å². The first kappa shape index (κ1) is 37.9. The standard InChI is InChI=1S/C34H45N5O8S/c1-18(29(41)37-20(3)31(43)39-27(32(44)45)17-48-34(5,6)7)35-28(40)19(2)36-30(42)21(4)38-33(46)47-16-26-24-14-10-8-12-22(24)23-13-9-11-15-25(23)26/h8-15,18-21,26-27H,16-17H2,1-7H3,(H,35,40)(H,36,42)(H,37,41)(H,38,46)(H,39,43)(H,44,45)/t18-,19-,20-,21-,27-/m0/s1. The number of carboxylic acids is 1. The van der Waals surface area contributed by atoms with E-state index in [1.807, 2.05) is 69.3 Å². The zero-order valence-electron chi connectivity index (χ0n) is 28.2. The third-order valence-electron chi connectivity index (χ3n) is 7.63. The zero-order valence-corrected chi connectivity index (χ0v) is 29.0. The van der Waals surface area contributed by atoms with Crippen LogP contribution in [0.3, 0.4) is 0 Å². The van der Waals surface area contributed by atoms with Crippen LogP contribution < -0.4 is 26.6 Å². The number of carbonyl (C=O) groups excluding carboxylic acids is 5. The highest BCUT2D eigenvalue weighted by atomic mass is 32.2. The van der Waals surface area contributed by atoms with Crippen LogP contribution in [0.5, 0.6) is 0 Å². The van der Waals surface area contributed by atoms with Gasteiger partial charge in [-0.1, -0.05) is 69.3 Å². The number of amides is 5. The first-order valence-electron chi connectivity index (χ1n) is 15.7. The molecule has 0 saturated heterocycles. The third kappa shape index (κ3) is 10.5. The number of ether oxygens (including phenoxy) is 1. The number of hydrogen-bond acceptors (Lipinski definition) is 8. The molecule has 0 aliphatic heterocycles. The van der Waals surface area contributed by atoms with Crippen LogP contribution in [0.4, 0.5) is 4.79 Å². The second-order valence-corrected chi connectivity index (χ2v) is 14.6. The van der Waals surface area contributed by atoms with Crippen molar-refractivity contribution in [3.05, 3.63) is 59.7 Å². The van der Waals surface area contributed by atoms with Crippen LogP contribution >= 0.6 is 11.8 Å². The molecule has 260 valence electrons. The number of alkyl carbamates (subject to hydrolysis) is 1. The summed E-state index contributed by atoms with van der Waals surface area (Å²) in [5.41, 5.74) is 4.28. The Morgan fingerprint density at radius 1 is 0.688 bits per heavy atom. The molecule has 0 fully saturated rings. The van der Waals surface area contributed by atoms with Gasteiger partial charge in [0.25, 0.3) is 0 Å². The Hall–Kier alpha value is -4.59. The van der Waals surface area contributed by atoms with Crippen molar-refractivity contribution in [3.63, 3.8) is 0 Å². The van der Waals surface area contributed by atoms with E-state index in [1.165, 1.54) is 39.5 Å². The molecule has 0 aromatic heterocycles. The average Bonchev–Trinajstić information content (AvgIpc) is 3.34. The molecule has 0 radical (unpaired) electrons. The van der Waals surface area contributed by atoms with Crippen molar-refractivity contribution in [2.75, 3.05) is 12.4 Å². The molecule has 48 heavy (non-hydrogen) atoms. The molecule has 6 N–H and O–H groups in total. The molecule has 0 heterocycles. The maximum Gasteiger partial charge on any atom is 0.407 e. The van der Waals surface area contributed by atoms with E-state index in [9.17, 15) is 33.9 Å². The summed E-state index contributed by atoms with van der Waals surface area (Å²) in [4.78, 5) is 74.9. The van der Waals surface area contributed by atoms with E-state index in [4.69, 9.17) is 4.74 Å². The fourth-order valence-electron chi connectivity index (χ4n) is 4.90. The summed E-state index contributed by atoms with van der Waals surface area (Å²) < 4.78 is 5.28. The number of carboxylic acid groups (broad SMARTS) is 1. The number of aliphatic carboxylic acids is 1. The number of hydrogen-bond donors (Lipinski definition) is 6. The number of benzene rings is 2. The minimum atomic E-state index is -1.20. The maximum atomic E-state index is 12.7. The molecular weight excluding hydrogens is 638 g/mol. The molecule has 2 aromatic rings. The molecule has 5 atom stereocenters. The normalized spacial score (nSPS) is 15.3. The van der Waals surface area contributed by atoms with Gasteiger partial charge in [0.2, 0.25) is 23.6 Å². The fraction of sp³-hybridized carbons (Fsp3) is 0.471. The predicted octanol–water partition coefficient (Wildman–Crippen LogP) is 2.53. The molecule has 0 saturated carbocycles. The van der Waals surface area contributed by atoms with Gasteiger partial charge in [0.05, 0.1) is 0 Å². The van der Waals surface area contributed by atoms with Gasteiger partial charge in [-0.25, -0.2) is 9.59 Å². The lowest BCUT2D eigenvalue weighted by atomic mass is 9.98. The van der Waals surface area contributed by atoms with Crippen molar-refractivity contribution in [2.45, 2.75) is 89.3 Å². The van der Waals surface area contributed by atoms with Gasteiger partial charge >= 0.3 is 12.1 Å². The van der Waals surface area contributed by atoms with Gasteiger partial charge in [0.1, 0.15) is 36.8 Å². The SMILES string of the molecule is C[C@H](NC(=O)OCC1c2ccccc2-c2ccccc21)C(=O)N[C@@H](C)C(=O)N[C@@H](C)C(=O)N[C@@H](C)C(=O)N[C@@H](CSC(C)(C)C)C(=O)O. The zero-order chi connectivity index (χ0) is 35.8. The molecule has 1 aliphatic carbocycles. The van der Waals surface area contributed by atoms with E-state index < -0.39 is 65.9 Å². The van der Waals surface area contributed by atoms with Crippen molar-refractivity contribution in [3.8, 4) is 11.1 Å². The van der Waals surface area contributed by atoms with Crippen molar-refractivity contribution >= 4 is 47.5 Å². The Bertz CT molecular complexity index is 1480. The summed E-state index contributed by atoms with van der Waals surface area (Å²) in [5.74, 6) is -3.91. The van der Waals surface area contributed by atoms with Crippen molar-refractivity contribution in [2.24, 2.45) is 0 Å². The number of carbonyl (C=O) groups is 6. The quantitative estimate of drug-likeness (QED) is 0.174. The van der Waals surface area contributed by atoms with E-state index in [-0.39, 0.29) is 23.0 Å². The van der Waals surface area contributed by atoms with Crippen molar-refractivity contribution in [1.29, 1.82) is 0 Å². The lowest BCUT2D eigenvalue weighted by Crippen LogP contribution is -2.57. The fourth-order valence-corrected chi connectivity index (χ4v) is 5.79. The van der Waals surface area contributed by atoms with E-state index in [2.05, 4.69) is 26.6 Å². The molecule has 3 rings (SSSR count). The molecular formula is C34H45N5O8S. The van der Waals surface area contributed by atoms with Crippen molar-refractivity contribution < 1.29 is 38.6 Å². The van der Waals surface area contributed by atoms with Gasteiger partial charge in [-0.2, -0.15) is 11.8 Å². The van der Waals surface area contributed by atoms with Crippen LogP contribution in [-0.2, 0) is 28.7 Å². The van der Waals surface area contributed by atoms with Crippen molar-refractivity contribution in [1.82, 2.24) is 26.6 Å². The Morgan fingerprint density at radius 3 is 1.50 bits per heavy atom. The first-order valence-corrected chi connectivity index (χ1v) is 16.7. The number of thioether (sulfide) groups is 1. The Labute approximate surface area is 284 Å². The summed E-state index contributed by atoms with van der Waals surface area (Å²) in [6.45, 7) is 11.5. The topological polar surface area (TPSA) is 192 Å². The molecule has 2 aromatic carbocycles. The Balaban J connectivity index is 1.43. The molecule has 5 amide bonds. The highest BCUT2D eigenvalue weighted by Crippen LogP contribution is 2.44. The minimum Gasteiger partial charge on any atom is -0.480 e. The second kappa shape index (κ2) is 16.5. The number of rotatable bonds is 14. The van der Waals surface area contributed by atoms with Gasteiger partial charge in [0.15, 0.2) is 0 Å². The maximum absolute atomic E-state index is 12.7. The number of nitrogens with one attached hydrogen (secondary N) is 5. The van der Waals surface area contributed by atoms with Gasteiger partial charge in [0, 0.05) is 16.4 Å². The van der Waals surface area contributed by atoms with E-state index in [0.29, 0.717) is 0 Å². The van der Waals surface area contributed by atoms with Crippen LogP contribution in [0.25, 0.3) is 11.1 Å². The van der Waals surface area contributed by atoms with Gasteiger partial charge in [-0.05, 0) is 49.9 Å². The van der Waals surface area contributed by atoms with Crippen LogP contribution in [0.15, 0.2) is 48.5 Å². The summed E-state index contributed by atoms with van der Waals surface area (Å²) in [6, 6.07) is 10.4. The molecule has 1 aliphatic rings. The van der Waals surface area contributed by atoms with Crippen LogP contribution in [0.1, 0.15) is 65.5 Å². The van der Waals surface area contributed by atoms with E-state index in [0.717, 1.165) is 22.3 Å². The molecule has 0 unspecified atom stereocenters. The third-order valence-corrected chi connectivity index (χ3v) is 8.99. The lowest BCUT2D eigenvalue weighted by molar-refractivity contribution is -0.141. The Morgan fingerprint density at radius 2 is 1.08 bits per heavy atom. The molecule has 0 bridgehead atoms. The predicted molar refractivity (Wildman–Crippen MR) is 182 cm³/mol. The van der Waals surface area contributed by atoms with Gasteiger partial charge in [-0.3, -0.25) is 19.2 Å². The summed E-state index contributed by atoms with van der Waals surface area (Å²) >= 11 is 1.38. The second-order valence-electron chi connectivity index (χ2n) is 12.7. The first-order chi connectivity index (χ1) is 22.5. The molecule has 13 nitrogen and oxygen atoms in total. The van der Waals surface area contributed by atoms with Gasteiger partial charge < -0.3 is 36.4 Å². The largest absolute Gasteiger partial charge is 0.480 e. The Kier molecular flexibility index (Phi) is 13.0. The smallest absolute Gasteiger partial charge is 0.407 e. The highest BCUT2D eigenvalue weighted by Gasteiger charge is 2.31. The summed E-state index contributed by atoms with van der Waals surface area (Å²) in [7, 11) is 0. The van der Waals surface area contributed by atoms with Crippen LogP contribution in [-0.4, -0.2) is 88.1 Å². The minimum absolute atomic E-state index is 0.0731. The highest BCUT2D eigenvalue weighted by molar-refractivity contribution is 8.00. The monoisotopic (exact) mass is 683 g/mol. The lowest BCUT2D eigenvalue weighted by Gasteiger charge is -2.24. The average molecular weight is 684 g/mol. The molecule has 14 heteroatoms. The molecule has 0 spiro atoms. The van der Waals surface area contributed by atoms with Gasteiger partial charge in [-0.15, -0.1) is 0 Å².